The van der Waals surface area contributed by atoms with Gasteiger partial charge in [-0.3, -0.25) is 4.79 Å². The number of amides is 1. The van der Waals surface area contributed by atoms with E-state index < -0.39 is 0 Å². The fourth-order valence-corrected chi connectivity index (χ4v) is 3.97. The van der Waals surface area contributed by atoms with Gasteiger partial charge in [0.05, 0.1) is 33.0 Å². The van der Waals surface area contributed by atoms with Gasteiger partial charge < -0.3 is 23.8 Å². The van der Waals surface area contributed by atoms with Crippen LogP contribution in [0.4, 0.5) is 4.39 Å². The van der Waals surface area contributed by atoms with Gasteiger partial charge in [0.25, 0.3) is 5.91 Å². The van der Waals surface area contributed by atoms with Gasteiger partial charge in [-0.15, -0.1) is 0 Å². The molecule has 172 valence electrons. The Labute approximate surface area is 188 Å². The highest BCUT2D eigenvalue weighted by Crippen LogP contribution is 2.33. The third-order valence-electron chi connectivity index (χ3n) is 5.91. The maximum atomic E-state index is 13.3. The second-order valence-electron chi connectivity index (χ2n) is 8.90. The Morgan fingerprint density at radius 3 is 2.59 bits per heavy atom. The van der Waals surface area contributed by atoms with E-state index in [1.54, 1.807) is 12.0 Å². The Morgan fingerprint density at radius 2 is 1.97 bits per heavy atom. The minimum absolute atomic E-state index is 0.00537. The number of methoxy groups -OCH3 is 1. The summed E-state index contributed by atoms with van der Waals surface area (Å²) < 4.78 is 36.0. The minimum Gasteiger partial charge on any atom is -0.493 e. The molecule has 2 aromatic rings. The molecule has 0 spiro atoms. The van der Waals surface area contributed by atoms with E-state index in [0.29, 0.717) is 56.6 Å². The molecule has 0 aromatic heterocycles. The summed E-state index contributed by atoms with van der Waals surface area (Å²) in [6.07, 6.45) is 1.92. The fraction of sp³-hybridized carbons (Fsp3) is 0.480. The number of hydrogen-bond donors (Lipinski definition) is 0. The second-order valence-corrected chi connectivity index (χ2v) is 8.90. The topological polar surface area (TPSA) is 57.2 Å². The number of carbonyl (C=O) groups is 1. The number of hydrogen-bond acceptors (Lipinski definition) is 5. The molecule has 0 radical (unpaired) electrons. The zero-order valence-corrected chi connectivity index (χ0v) is 18.6. The quantitative estimate of drug-likeness (QED) is 0.585. The van der Waals surface area contributed by atoms with Crippen molar-refractivity contribution in [3.05, 3.63) is 59.4 Å². The van der Waals surface area contributed by atoms with Crippen LogP contribution >= 0.6 is 0 Å². The van der Waals surface area contributed by atoms with Crippen molar-refractivity contribution in [3.63, 3.8) is 0 Å². The Morgan fingerprint density at radius 1 is 1.19 bits per heavy atom. The van der Waals surface area contributed by atoms with E-state index in [4.69, 9.17) is 18.9 Å². The molecule has 2 aliphatic heterocycles. The van der Waals surface area contributed by atoms with E-state index in [0.717, 1.165) is 18.4 Å². The smallest absolute Gasteiger partial charge is 0.254 e. The Kier molecular flexibility index (Phi) is 6.96. The third kappa shape index (κ3) is 5.40. The normalized spacial score (nSPS) is 19.3. The molecule has 0 saturated carbocycles. The highest BCUT2D eigenvalue weighted by atomic mass is 19.1. The van der Waals surface area contributed by atoms with Gasteiger partial charge in [-0.2, -0.15) is 0 Å². The lowest BCUT2D eigenvalue weighted by molar-refractivity contribution is -0.120. The fourth-order valence-electron chi connectivity index (χ4n) is 3.97. The molecule has 1 unspecified atom stereocenters. The summed E-state index contributed by atoms with van der Waals surface area (Å²) in [7, 11) is 1.61. The summed E-state index contributed by atoms with van der Waals surface area (Å²) in [4.78, 5) is 15.0. The van der Waals surface area contributed by atoms with Crippen LogP contribution < -0.4 is 9.47 Å². The van der Waals surface area contributed by atoms with Crippen molar-refractivity contribution in [1.29, 1.82) is 0 Å². The van der Waals surface area contributed by atoms with Crippen LogP contribution in [0.1, 0.15) is 35.7 Å². The molecular weight excluding hydrogens is 413 g/mol. The number of nitrogens with zero attached hydrogens (tertiary/aromatic N) is 1. The Bertz CT molecular complexity index is 922. The lowest BCUT2D eigenvalue weighted by atomic mass is 9.90. The molecule has 32 heavy (non-hydrogen) atoms. The van der Waals surface area contributed by atoms with Gasteiger partial charge in [0.2, 0.25) is 0 Å². The number of rotatable bonds is 9. The molecule has 0 N–H and O–H groups in total. The van der Waals surface area contributed by atoms with Crippen LogP contribution in [-0.2, 0) is 16.0 Å². The third-order valence-corrected chi connectivity index (χ3v) is 5.91. The SMILES string of the molecule is COc1ccc(CN(CC2CCCO2)C(=O)c2ccc(F)cc2)cc1OCC1(C)COC1. The second kappa shape index (κ2) is 9.88. The van der Waals surface area contributed by atoms with Crippen molar-refractivity contribution < 1.29 is 28.1 Å². The van der Waals surface area contributed by atoms with Crippen molar-refractivity contribution in [3.8, 4) is 11.5 Å². The highest BCUT2D eigenvalue weighted by molar-refractivity contribution is 5.94. The van der Waals surface area contributed by atoms with Crippen LogP contribution in [0.15, 0.2) is 42.5 Å². The lowest BCUT2D eigenvalue weighted by Crippen LogP contribution is -2.44. The molecule has 0 aliphatic carbocycles. The summed E-state index contributed by atoms with van der Waals surface area (Å²) in [6, 6.07) is 11.4. The van der Waals surface area contributed by atoms with Gasteiger partial charge in [0, 0.05) is 30.7 Å². The zero-order valence-electron chi connectivity index (χ0n) is 18.6. The molecular formula is C25H30FNO5. The summed E-state index contributed by atoms with van der Waals surface area (Å²) in [5, 5.41) is 0. The molecule has 2 heterocycles. The number of halogens is 1. The van der Waals surface area contributed by atoms with E-state index in [1.165, 1.54) is 24.3 Å². The van der Waals surface area contributed by atoms with Crippen molar-refractivity contribution >= 4 is 5.91 Å². The summed E-state index contributed by atoms with van der Waals surface area (Å²) in [5.74, 6) is 0.769. The standard InChI is InChI=1S/C25H30FNO5/c1-25(15-30-16-25)17-32-23-12-18(5-10-22(23)29-2)13-27(14-21-4-3-11-31-21)24(28)19-6-8-20(26)9-7-19/h5-10,12,21H,3-4,11,13-17H2,1-2H3. The Hall–Kier alpha value is -2.64. The van der Waals surface area contributed by atoms with E-state index in [2.05, 4.69) is 6.92 Å². The first-order chi connectivity index (χ1) is 15.5. The predicted octanol–water partition coefficient (Wildman–Crippen LogP) is 4.07. The molecule has 2 aromatic carbocycles. The molecule has 6 nitrogen and oxygen atoms in total. The van der Waals surface area contributed by atoms with E-state index in [-0.39, 0.29) is 23.2 Å². The average molecular weight is 444 g/mol. The number of benzene rings is 2. The monoisotopic (exact) mass is 443 g/mol. The molecule has 2 fully saturated rings. The van der Waals surface area contributed by atoms with Crippen LogP contribution in [0.25, 0.3) is 0 Å². The van der Waals surface area contributed by atoms with Gasteiger partial charge in [-0.25, -0.2) is 4.39 Å². The van der Waals surface area contributed by atoms with Gasteiger partial charge in [0.1, 0.15) is 5.82 Å². The largest absolute Gasteiger partial charge is 0.493 e. The van der Waals surface area contributed by atoms with Crippen LogP contribution in [0, 0.1) is 11.2 Å². The first-order valence-electron chi connectivity index (χ1n) is 11.0. The van der Waals surface area contributed by atoms with E-state index >= 15 is 0 Å². The van der Waals surface area contributed by atoms with Gasteiger partial charge in [-0.05, 0) is 54.8 Å². The van der Waals surface area contributed by atoms with Gasteiger partial charge in [-0.1, -0.05) is 13.0 Å². The number of carbonyl (C=O) groups excluding carboxylic acids is 1. The Balaban J connectivity index is 1.52. The van der Waals surface area contributed by atoms with Crippen LogP contribution in [0.2, 0.25) is 0 Å². The van der Waals surface area contributed by atoms with E-state index in [1.807, 2.05) is 18.2 Å². The molecule has 2 aliphatic rings. The first-order valence-corrected chi connectivity index (χ1v) is 11.0. The highest BCUT2D eigenvalue weighted by Gasteiger charge is 2.34. The molecule has 4 rings (SSSR count). The van der Waals surface area contributed by atoms with Crippen molar-refractivity contribution in [2.45, 2.75) is 32.4 Å². The molecule has 0 bridgehead atoms. The van der Waals surface area contributed by atoms with Crippen molar-refractivity contribution in [1.82, 2.24) is 4.90 Å². The average Bonchev–Trinajstić information content (AvgIpc) is 3.29. The number of ether oxygens (including phenoxy) is 4. The summed E-state index contributed by atoms with van der Waals surface area (Å²) in [6.45, 7) is 5.59. The van der Waals surface area contributed by atoms with Crippen LogP contribution in [0.5, 0.6) is 11.5 Å². The van der Waals surface area contributed by atoms with Gasteiger partial charge in [0.15, 0.2) is 11.5 Å². The van der Waals surface area contributed by atoms with Gasteiger partial charge >= 0.3 is 0 Å². The van der Waals surface area contributed by atoms with Crippen LogP contribution in [-0.4, -0.2) is 57.0 Å². The molecule has 1 amide bonds. The van der Waals surface area contributed by atoms with E-state index in [9.17, 15) is 9.18 Å². The molecule has 7 heteroatoms. The maximum absolute atomic E-state index is 13.3. The van der Waals surface area contributed by atoms with Crippen molar-refractivity contribution in [2.24, 2.45) is 5.41 Å². The first kappa shape index (κ1) is 22.6. The summed E-state index contributed by atoms with van der Waals surface area (Å²) in [5.41, 5.74) is 1.38. The van der Waals surface area contributed by atoms with Crippen molar-refractivity contribution in [2.75, 3.05) is 40.1 Å². The maximum Gasteiger partial charge on any atom is 0.254 e. The molecule has 2 saturated heterocycles. The lowest BCUT2D eigenvalue weighted by Gasteiger charge is -2.37. The minimum atomic E-state index is -0.366. The predicted molar refractivity (Wildman–Crippen MR) is 118 cm³/mol. The van der Waals surface area contributed by atoms with Crippen LogP contribution in [0.3, 0.4) is 0 Å². The summed E-state index contributed by atoms with van der Waals surface area (Å²) >= 11 is 0. The zero-order chi connectivity index (χ0) is 22.6. The molecule has 1 atom stereocenters.